The van der Waals surface area contributed by atoms with Gasteiger partial charge in [-0.05, 0) is 63.9 Å². The molecular formula is C30H32N2O7S. The van der Waals surface area contributed by atoms with Crippen LogP contribution in [0.3, 0.4) is 0 Å². The van der Waals surface area contributed by atoms with Crippen LogP contribution in [-0.4, -0.2) is 29.9 Å². The van der Waals surface area contributed by atoms with E-state index in [-0.39, 0.29) is 18.1 Å². The molecule has 0 unspecified atom stereocenters. The van der Waals surface area contributed by atoms with E-state index in [0.717, 1.165) is 33.7 Å². The van der Waals surface area contributed by atoms with E-state index >= 15 is 0 Å². The van der Waals surface area contributed by atoms with Gasteiger partial charge >= 0.3 is 12.2 Å². The van der Waals surface area contributed by atoms with Gasteiger partial charge in [0, 0.05) is 35.2 Å². The van der Waals surface area contributed by atoms with Crippen LogP contribution < -0.4 is 15.1 Å². The fourth-order valence-corrected chi connectivity index (χ4v) is 5.02. The van der Waals surface area contributed by atoms with Gasteiger partial charge in [-0.25, -0.2) is 4.79 Å². The van der Waals surface area contributed by atoms with Crippen molar-refractivity contribution in [3.05, 3.63) is 74.7 Å². The first kappa shape index (κ1) is 30.3. The zero-order valence-electron chi connectivity index (χ0n) is 23.6. The quantitative estimate of drug-likeness (QED) is 0.262. The molecule has 4 aromatic rings. The van der Waals surface area contributed by atoms with Gasteiger partial charge in [-0.2, -0.15) is 9.59 Å². The summed E-state index contributed by atoms with van der Waals surface area (Å²) in [6.07, 6.45) is 2.19. The number of nitrogens with zero attached hydrogens (tertiary/aromatic N) is 2. The lowest BCUT2D eigenvalue weighted by atomic mass is 10.1. The van der Waals surface area contributed by atoms with Gasteiger partial charge in [0.25, 0.3) is 0 Å². The van der Waals surface area contributed by atoms with Crippen molar-refractivity contribution in [2.24, 2.45) is 0 Å². The van der Waals surface area contributed by atoms with Gasteiger partial charge in [-0.1, -0.05) is 13.0 Å². The SMILES string of the molecule is CCc1cc(=O)c2cc(-c3csc(N(Cc4ncc(C)c(OC)c4C)C(=O)OC(C)(C)C)c3)ccc2o1.O=C=O. The molecular weight excluding hydrogens is 532 g/mol. The van der Waals surface area contributed by atoms with Crippen LogP contribution in [0, 0.1) is 13.8 Å². The minimum atomic E-state index is -0.660. The molecule has 3 aromatic heterocycles. The van der Waals surface area contributed by atoms with Crippen LogP contribution in [0.5, 0.6) is 5.75 Å². The first-order valence-corrected chi connectivity index (χ1v) is 13.4. The Hall–Kier alpha value is -4.27. The normalized spacial score (nSPS) is 10.9. The number of thiophene rings is 1. The van der Waals surface area contributed by atoms with Gasteiger partial charge in [-0.15, -0.1) is 11.3 Å². The number of ether oxygens (including phenoxy) is 2. The van der Waals surface area contributed by atoms with Crippen molar-refractivity contribution in [2.45, 2.75) is 60.1 Å². The van der Waals surface area contributed by atoms with Gasteiger partial charge in [0.15, 0.2) is 5.43 Å². The number of pyridine rings is 1. The smallest absolute Gasteiger partial charge is 0.415 e. The molecule has 1 aromatic carbocycles. The van der Waals surface area contributed by atoms with Crippen LogP contribution in [-0.2, 0) is 27.3 Å². The molecule has 1 amide bonds. The number of rotatable bonds is 6. The lowest BCUT2D eigenvalue weighted by molar-refractivity contribution is -0.191. The Morgan fingerprint density at radius 2 is 1.82 bits per heavy atom. The molecule has 3 heterocycles. The first-order valence-electron chi connectivity index (χ1n) is 12.6. The number of benzene rings is 1. The van der Waals surface area contributed by atoms with Gasteiger partial charge in [-0.3, -0.25) is 14.7 Å². The summed E-state index contributed by atoms with van der Waals surface area (Å²) in [6.45, 7) is 11.6. The topological polar surface area (TPSA) is 116 Å². The number of anilines is 1. The van der Waals surface area contributed by atoms with Crippen LogP contribution in [0.1, 0.15) is 50.3 Å². The average Bonchev–Trinajstić information content (AvgIpc) is 3.37. The van der Waals surface area contributed by atoms with Crippen molar-refractivity contribution in [3.8, 4) is 16.9 Å². The van der Waals surface area contributed by atoms with Crippen molar-refractivity contribution in [1.29, 1.82) is 0 Å². The highest BCUT2D eigenvalue weighted by molar-refractivity contribution is 7.14. The van der Waals surface area contributed by atoms with Gasteiger partial charge in [0.1, 0.15) is 27.7 Å². The fraction of sp³-hybridized carbons (Fsp3) is 0.333. The Kier molecular flexibility index (Phi) is 9.63. The lowest BCUT2D eigenvalue weighted by Crippen LogP contribution is -2.36. The predicted octanol–water partition coefficient (Wildman–Crippen LogP) is 6.46. The number of carbonyl (C=O) groups is 1. The summed E-state index contributed by atoms with van der Waals surface area (Å²) >= 11 is 1.43. The molecule has 0 saturated heterocycles. The minimum Gasteiger partial charge on any atom is -0.496 e. The van der Waals surface area contributed by atoms with E-state index in [1.165, 1.54) is 11.3 Å². The van der Waals surface area contributed by atoms with Crippen LogP contribution in [0.4, 0.5) is 9.80 Å². The maximum atomic E-state index is 13.3. The molecule has 0 aliphatic heterocycles. The fourth-order valence-electron chi connectivity index (χ4n) is 4.11. The molecule has 0 radical (unpaired) electrons. The molecule has 0 aliphatic carbocycles. The monoisotopic (exact) mass is 564 g/mol. The molecule has 0 saturated carbocycles. The van der Waals surface area contributed by atoms with Crippen molar-refractivity contribution >= 4 is 39.6 Å². The van der Waals surface area contributed by atoms with Crippen LogP contribution >= 0.6 is 11.3 Å². The highest BCUT2D eigenvalue weighted by Gasteiger charge is 2.26. The Labute approximate surface area is 236 Å². The predicted molar refractivity (Wildman–Crippen MR) is 153 cm³/mol. The van der Waals surface area contributed by atoms with Crippen molar-refractivity contribution in [1.82, 2.24) is 4.98 Å². The number of aromatic nitrogens is 1. The summed E-state index contributed by atoms with van der Waals surface area (Å²) in [5, 5.41) is 3.20. The number of aryl methyl sites for hydroxylation is 2. The third-order valence-corrected chi connectivity index (χ3v) is 6.93. The van der Waals surface area contributed by atoms with E-state index in [0.29, 0.717) is 28.2 Å². The molecule has 0 N–H and O–H groups in total. The lowest BCUT2D eigenvalue weighted by Gasteiger charge is -2.27. The zero-order valence-corrected chi connectivity index (χ0v) is 24.4. The Morgan fingerprint density at radius 1 is 1.12 bits per heavy atom. The molecule has 0 bridgehead atoms. The van der Waals surface area contributed by atoms with Crippen molar-refractivity contribution in [2.75, 3.05) is 12.0 Å². The van der Waals surface area contributed by atoms with Gasteiger partial charge in [0.2, 0.25) is 0 Å². The summed E-state index contributed by atoms with van der Waals surface area (Å²) < 4.78 is 17.1. The number of amides is 1. The maximum absolute atomic E-state index is 13.3. The van der Waals surface area contributed by atoms with Gasteiger partial charge in [0.05, 0.1) is 24.7 Å². The molecule has 10 heteroatoms. The largest absolute Gasteiger partial charge is 0.496 e. The van der Waals surface area contributed by atoms with E-state index in [1.54, 1.807) is 24.3 Å². The van der Waals surface area contributed by atoms with Crippen molar-refractivity contribution in [3.63, 3.8) is 0 Å². The number of hydrogen-bond acceptors (Lipinski definition) is 9. The first-order chi connectivity index (χ1) is 18.9. The molecule has 4 rings (SSSR count). The zero-order chi connectivity index (χ0) is 29.6. The van der Waals surface area contributed by atoms with Crippen LogP contribution in [0.15, 0.2) is 51.1 Å². The molecule has 9 nitrogen and oxygen atoms in total. The highest BCUT2D eigenvalue weighted by atomic mass is 32.1. The highest BCUT2D eigenvalue weighted by Crippen LogP contribution is 2.35. The second-order valence-electron chi connectivity index (χ2n) is 10.0. The summed E-state index contributed by atoms with van der Waals surface area (Å²) in [4.78, 5) is 48.4. The molecule has 210 valence electrons. The molecule has 0 atom stereocenters. The summed E-state index contributed by atoms with van der Waals surface area (Å²) in [5.41, 5.74) is 4.11. The minimum absolute atomic E-state index is 0.0688. The second kappa shape index (κ2) is 12.7. The third kappa shape index (κ3) is 7.02. The Bertz CT molecular complexity index is 1610. The standard InChI is InChI=1S/C29H32N2O5S.CO2/c1-8-21-13-24(32)22-11-19(9-10-25(22)35-21)20-12-26(37-16-20)31(28(33)36-29(4,5)6)15-23-18(3)27(34-7)17(2)14-30-23;2-1-3/h9-14,16H,8,15H2,1-7H3;. The summed E-state index contributed by atoms with van der Waals surface area (Å²) in [7, 11) is 1.63. The number of fused-ring (bicyclic) bond motifs is 1. The van der Waals surface area contributed by atoms with Crippen LogP contribution in [0.2, 0.25) is 0 Å². The number of methoxy groups -OCH3 is 1. The molecule has 40 heavy (non-hydrogen) atoms. The van der Waals surface area contributed by atoms with E-state index < -0.39 is 11.7 Å². The molecule has 0 aliphatic rings. The Balaban J connectivity index is 0.00000141. The Morgan fingerprint density at radius 3 is 2.45 bits per heavy atom. The van der Waals surface area contributed by atoms with E-state index in [2.05, 4.69) is 4.98 Å². The number of carbonyl (C=O) groups excluding carboxylic acids is 3. The maximum Gasteiger partial charge on any atom is 0.415 e. The van der Waals surface area contributed by atoms with E-state index in [4.69, 9.17) is 23.5 Å². The molecule has 0 spiro atoms. The average molecular weight is 565 g/mol. The second-order valence-corrected chi connectivity index (χ2v) is 10.9. The van der Waals surface area contributed by atoms with Crippen molar-refractivity contribution < 1.29 is 28.3 Å². The summed E-state index contributed by atoms with van der Waals surface area (Å²) in [5.74, 6) is 1.41. The third-order valence-electron chi connectivity index (χ3n) is 5.98. The van der Waals surface area contributed by atoms with Crippen LogP contribution in [0.25, 0.3) is 22.1 Å². The number of hydrogen-bond donors (Lipinski definition) is 0. The summed E-state index contributed by atoms with van der Waals surface area (Å²) in [6, 6.07) is 9.05. The van der Waals surface area contributed by atoms with E-state index in [9.17, 15) is 9.59 Å². The molecule has 0 fully saturated rings. The van der Waals surface area contributed by atoms with E-state index in [1.807, 2.05) is 71.2 Å². The van der Waals surface area contributed by atoms with Gasteiger partial charge < -0.3 is 13.9 Å².